The number of fused-ring (bicyclic) bond motifs is 2. The molecule has 0 aromatic heterocycles. The van der Waals surface area contributed by atoms with Crippen molar-refractivity contribution in [2.24, 2.45) is 16.7 Å². The van der Waals surface area contributed by atoms with Crippen LogP contribution in [0.25, 0.3) is 0 Å². The molecule has 2 unspecified atom stereocenters. The molecular weight excluding hydrogens is 440 g/mol. The summed E-state index contributed by atoms with van der Waals surface area (Å²) in [5.41, 5.74) is -1.22. The van der Waals surface area contributed by atoms with Gasteiger partial charge >= 0.3 is 0 Å². The lowest BCUT2D eigenvalue weighted by Gasteiger charge is -2.37. The summed E-state index contributed by atoms with van der Waals surface area (Å²) in [5, 5.41) is 0. The Morgan fingerprint density at radius 2 is 1.87 bits per heavy atom. The average Bonchev–Trinajstić information content (AvgIpc) is 2.99. The third-order valence-electron chi connectivity index (χ3n) is 7.27. The van der Waals surface area contributed by atoms with Crippen molar-refractivity contribution in [3.05, 3.63) is 0 Å². The van der Waals surface area contributed by atoms with E-state index in [9.17, 15) is 22.6 Å². The Kier molecular flexibility index (Phi) is 9.78. The lowest BCUT2D eigenvalue weighted by molar-refractivity contribution is -0.128. The van der Waals surface area contributed by atoms with Crippen LogP contribution >= 0.6 is 11.8 Å². The van der Waals surface area contributed by atoms with Crippen molar-refractivity contribution in [3.8, 4) is 0 Å². The second kappa shape index (κ2) is 11.2. The van der Waals surface area contributed by atoms with Crippen molar-refractivity contribution in [1.29, 1.82) is 0 Å². The first-order valence-electron chi connectivity index (χ1n) is 11.2. The first-order chi connectivity index (χ1) is 14.0. The van der Waals surface area contributed by atoms with Gasteiger partial charge in [0.05, 0.1) is 15.9 Å². The van der Waals surface area contributed by atoms with Crippen LogP contribution in [0, 0.1) is 16.7 Å². The lowest BCUT2D eigenvalue weighted by atomic mass is 9.70. The molecule has 3 fully saturated rings. The van der Waals surface area contributed by atoms with Gasteiger partial charge in [-0.2, -0.15) is 11.8 Å². The summed E-state index contributed by atoms with van der Waals surface area (Å²) in [7, 11) is -3.88. The summed E-state index contributed by atoms with van der Waals surface area (Å²) in [6.45, 7) is 6.05. The summed E-state index contributed by atoms with van der Waals surface area (Å²) in [6.07, 6.45) is 7.63. The zero-order valence-corrected chi connectivity index (χ0v) is 21.2. The van der Waals surface area contributed by atoms with Gasteiger partial charge in [0, 0.05) is 29.8 Å². The molecule has 2 saturated carbocycles. The van der Waals surface area contributed by atoms with Crippen molar-refractivity contribution in [3.63, 3.8) is 0 Å². The third-order valence-corrected chi connectivity index (χ3v) is 11.9. The molecule has 2 atom stereocenters. The minimum atomic E-state index is -4.33. The van der Waals surface area contributed by atoms with E-state index >= 15 is 0 Å². The predicted molar refractivity (Wildman–Crippen MR) is 126 cm³/mol. The highest BCUT2D eigenvalue weighted by Crippen LogP contribution is 2.64. The number of unbranched alkanes of at least 4 members (excludes halogenated alkanes) is 3. The summed E-state index contributed by atoms with van der Waals surface area (Å²) in [6, 6.07) is 0. The number of ketones is 2. The predicted octanol–water partition coefficient (Wildman–Crippen LogP) is 3.82. The number of hydrogen-bond acceptors (Lipinski definition) is 6. The second-order valence-corrected chi connectivity index (χ2v) is 14.5. The van der Waals surface area contributed by atoms with Gasteiger partial charge in [-0.25, -0.2) is 8.42 Å². The van der Waals surface area contributed by atoms with Crippen LogP contribution in [0.4, 0.5) is 0 Å². The molecule has 0 radical (unpaired) electrons. The minimum Gasteiger partial charge on any atom is -0.748 e. The smallest absolute Gasteiger partial charge is 0.181 e. The van der Waals surface area contributed by atoms with Crippen LogP contribution in [-0.2, 0) is 30.6 Å². The van der Waals surface area contributed by atoms with Crippen LogP contribution in [0.3, 0.4) is 0 Å². The largest absolute Gasteiger partial charge is 0.748 e. The van der Waals surface area contributed by atoms with Crippen LogP contribution in [0.15, 0.2) is 0 Å². The molecule has 2 bridgehead atoms. The Bertz CT molecular complexity index is 698. The van der Waals surface area contributed by atoms with E-state index in [0.717, 1.165) is 25.0 Å². The van der Waals surface area contributed by atoms with Gasteiger partial charge in [0.25, 0.3) is 0 Å². The molecule has 0 amide bonds. The summed E-state index contributed by atoms with van der Waals surface area (Å²) >= 11 is 2.05. The molecule has 5 nitrogen and oxygen atoms in total. The fourth-order valence-electron chi connectivity index (χ4n) is 5.16. The molecule has 0 aromatic rings. The van der Waals surface area contributed by atoms with Gasteiger partial charge in [-0.1, -0.05) is 40.0 Å². The molecule has 0 N–H and O–H groups in total. The number of Topliss-reactive ketones (excluding diaryl/α,β-unsaturated/α-hetero) is 2. The fourth-order valence-corrected chi connectivity index (χ4v) is 10.6. The zero-order valence-electron chi connectivity index (χ0n) is 18.7. The maximum absolute atomic E-state index is 11.8. The first kappa shape index (κ1) is 26.2. The lowest BCUT2D eigenvalue weighted by Crippen LogP contribution is -2.42. The molecule has 1 saturated heterocycles. The number of hydrogen-bond donors (Lipinski definition) is 0. The molecule has 1 heterocycles. The molecule has 3 aliphatic rings. The molecular formula is C22H38O5S3. The first-order valence-corrected chi connectivity index (χ1v) is 15.7. The monoisotopic (exact) mass is 478 g/mol. The highest BCUT2D eigenvalue weighted by atomic mass is 32.2. The maximum Gasteiger partial charge on any atom is 0.181 e. The van der Waals surface area contributed by atoms with E-state index in [-0.39, 0.29) is 17.1 Å². The summed E-state index contributed by atoms with van der Waals surface area (Å²) in [5.74, 6) is 6.31. The van der Waals surface area contributed by atoms with Crippen LogP contribution < -0.4 is 0 Å². The topological polar surface area (TPSA) is 91.3 Å². The highest BCUT2D eigenvalue weighted by molar-refractivity contribution is 8.05. The van der Waals surface area contributed by atoms with Gasteiger partial charge in [0.2, 0.25) is 0 Å². The number of carbonyl (C=O) groups is 2. The number of carbonyl (C=O) groups excluding carboxylic acids is 2. The average molecular weight is 479 g/mol. The van der Waals surface area contributed by atoms with E-state index in [2.05, 4.69) is 6.92 Å². The van der Waals surface area contributed by atoms with Crippen molar-refractivity contribution in [2.75, 3.05) is 34.5 Å². The second-order valence-electron chi connectivity index (χ2n) is 9.50. The van der Waals surface area contributed by atoms with Crippen molar-refractivity contribution < 1.29 is 22.6 Å². The van der Waals surface area contributed by atoms with Crippen LogP contribution in [-0.4, -0.2) is 59.1 Å². The Labute approximate surface area is 190 Å². The van der Waals surface area contributed by atoms with E-state index in [0.29, 0.717) is 29.5 Å². The third kappa shape index (κ3) is 6.72. The molecule has 1 aliphatic heterocycles. The molecule has 30 heavy (non-hydrogen) atoms. The Balaban J connectivity index is 0.000000214. The Hall–Kier alpha value is -0.0500. The van der Waals surface area contributed by atoms with E-state index < -0.39 is 21.3 Å². The molecule has 8 heteroatoms. The van der Waals surface area contributed by atoms with Crippen molar-refractivity contribution in [2.45, 2.75) is 72.1 Å². The molecule has 3 rings (SSSR count). The van der Waals surface area contributed by atoms with Gasteiger partial charge < -0.3 is 4.55 Å². The summed E-state index contributed by atoms with van der Waals surface area (Å²) in [4.78, 5) is 23.5. The Morgan fingerprint density at radius 1 is 1.20 bits per heavy atom. The molecule has 174 valence electrons. The van der Waals surface area contributed by atoms with Gasteiger partial charge in [0.1, 0.15) is 17.3 Å². The van der Waals surface area contributed by atoms with Gasteiger partial charge in [-0.05, 0) is 41.5 Å². The standard InChI is InChI=1S/C12H23OS2.C10H16O4S/c1-2-3-4-5-6-12(13)11-15-9-7-14-8-10-15;1-9(2)7-3-4-10(9,8(11)5-7)6-15(12,13)14/h2-11H2,1H3;7H,3-6H2,1-2H3,(H,12,13,14)/q+1;/p-1. The fraction of sp³-hybridized carbons (Fsp3) is 0.909. The maximum atomic E-state index is 11.8. The van der Waals surface area contributed by atoms with E-state index in [1.54, 1.807) is 0 Å². The van der Waals surface area contributed by atoms with E-state index in [1.165, 1.54) is 42.3 Å². The minimum absolute atomic E-state index is 0.0248. The zero-order chi connectivity index (χ0) is 22.4. The van der Waals surface area contributed by atoms with Crippen molar-refractivity contribution >= 4 is 44.3 Å². The Morgan fingerprint density at radius 3 is 2.37 bits per heavy atom. The quantitative estimate of drug-likeness (QED) is 0.284. The van der Waals surface area contributed by atoms with Crippen molar-refractivity contribution in [1.82, 2.24) is 0 Å². The molecule has 2 aliphatic carbocycles. The van der Waals surface area contributed by atoms with E-state index in [1.807, 2.05) is 25.6 Å². The van der Waals surface area contributed by atoms with Crippen LogP contribution in [0.5, 0.6) is 0 Å². The SMILES string of the molecule is CC1(C)C2CCC1(CS(=O)(=O)[O-])C(=O)C2.CCCCCCC(=O)C[S+]1CCSCC1. The molecule has 0 spiro atoms. The number of thioether (sulfide) groups is 1. The van der Waals surface area contributed by atoms with Crippen LogP contribution in [0.2, 0.25) is 0 Å². The highest BCUT2D eigenvalue weighted by Gasteiger charge is 2.64. The van der Waals surface area contributed by atoms with Gasteiger partial charge in [0.15, 0.2) is 11.5 Å². The van der Waals surface area contributed by atoms with E-state index in [4.69, 9.17) is 0 Å². The summed E-state index contributed by atoms with van der Waals surface area (Å²) < 4.78 is 32.7. The normalized spacial score (nSPS) is 28.3. The van der Waals surface area contributed by atoms with Gasteiger partial charge in [-0.3, -0.25) is 9.59 Å². The number of rotatable bonds is 9. The van der Waals surface area contributed by atoms with Crippen LogP contribution in [0.1, 0.15) is 72.1 Å². The molecule has 0 aromatic carbocycles. The van der Waals surface area contributed by atoms with Gasteiger partial charge in [-0.15, -0.1) is 0 Å².